The maximum absolute atomic E-state index is 13.2. The van der Waals surface area contributed by atoms with Crippen LogP contribution in [0.15, 0.2) is 22.7 Å². The minimum absolute atomic E-state index is 0.179. The first kappa shape index (κ1) is 12.1. The van der Waals surface area contributed by atoms with E-state index in [1.807, 2.05) is 6.07 Å². The van der Waals surface area contributed by atoms with Gasteiger partial charge in [-0.3, -0.25) is 0 Å². The van der Waals surface area contributed by atoms with Gasteiger partial charge in [0.15, 0.2) is 0 Å². The summed E-state index contributed by atoms with van der Waals surface area (Å²) in [5.41, 5.74) is 1.01. The van der Waals surface area contributed by atoms with E-state index in [1.54, 1.807) is 6.07 Å². The van der Waals surface area contributed by atoms with E-state index in [2.05, 4.69) is 22.9 Å². The highest BCUT2D eigenvalue weighted by Crippen LogP contribution is 2.34. The number of benzene rings is 1. The van der Waals surface area contributed by atoms with E-state index >= 15 is 0 Å². The number of hydrogen-bond donors (Lipinski definition) is 1. The Kier molecular flexibility index (Phi) is 3.65. The summed E-state index contributed by atoms with van der Waals surface area (Å²) in [4.78, 5) is 0. The largest absolute Gasteiger partial charge is 0.393 e. The molecule has 3 heteroatoms. The molecule has 1 aliphatic rings. The van der Waals surface area contributed by atoms with Crippen LogP contribution in [0, 0.1) is 17.7 Å². The molecule has 1 aromatic carbocycles. The number of hydrogen-bond acceptors (Lipinski definition) is 1. The van der Waals surface area contributed by atoms with E-state index in [0.717, 1.165) is 29.3 Å². The summed E-state index contributed by atoms with van der Waals surface area (Å²) in [5, 5.41) is 9.67. The van der Waals surface area contributed by atoms with E-state index in [1.165, 1.54) is 6.07 Å². The third-order valence-electron chi connectivity index (χ3n) is 3.60. The highest BCUT2D eigenvalue weighted by Gasteiger charge is 2.31. The molecule has 1 saturated carbocycles. The van der Waals surface area contributed by atoms with Crippen LogP contribution in [0.2, 0.25) is 0 Å². The second-order valence-electron chi connectivity index (χ2n) is 4.75. The molecule has 0 bridgehead atoms. The zero-order valence-electron chi connectivity index (χ0n) is 9.29. The molecule has 1 aromatic rings. The molecule has 3 atom stereocenters. The lowest BCUT2D eigenvalue weighted by molar-refractivity contribution is 0.127. The van der Waals surface area contributed by atoms with Gasteiger partial charge < -0.3 is 5.11 Å². The van der Waals surface area contributed by atoms with Gasteiger partial charge in [0.1, 0.15) is 5.82 Å². The predicted octanol–water partition coefficient (Wildman–Crippen LogP) is 3.54. The maximum atomic E-state index is 13.2. The molecule has 0 amide bonds. The van der Waals surface area contributed by atoms with Crippen LogP contribution in [0.3, 0.4) is 0 Å². The van der Waals surface area contributed by atoms with E-state index < -0.39 is 0 Å². The molecule has 2 rings (SSSR count). The van der Waals surface area contributed by atoms with Crippen molar-refractivity contribution in [1.82, 2.24) is 0 Å². The molecule has 0 aliphatic heterocycles. The fourth-order valence-electron chi connectivity index (χ4n) is 2.54. The minimum atomic E-state index is -0.199. The first-order valence-corrected chi connectivity index (χ1v) is 6.48. The molecule has 0 aromatic heterocycles. The van der Waals surface area contributed by atoms with E-state index in [-0.39, 0.29) is 11.9 Å². The smallest absolute Gasteiger partial charge is 0.124 e. The molecule has 88 valence electrons. The van der Waals surface area contributed by atoms with Crippen molar-refractivity contribution < 1.29 is 9.50 Å². The molecule has 1 fully saturated rings. The number of aliphatic hydroxyl groups excluding tert-OH is 1. The van der Waals surface area contributed by atoms with E-state index in [4.69, 9.17) is 0 Å². The van der Waals surface area contributed by atoms with Gasteiger partial charge in [-0.1, -0.05) is 22.9 Å². The van der Waals surface area contributed by atoms with Gasteiger partial charge in [-0.25, -0.2) is 4.39 Å². The fraction of sp³-hybridized carbons (Fsp3) is 0.538. The third kappa shape index (κ3) is 2.64. The van der Waals surface area contributed by atoms with Crippen LogP contribution in [-0.4, -0.2) is 11.2 Å². The van der Waals surface area contributed by atoms with Crippen molar-refractivity contribution in [3.05, 3.63) is 34.1 Å². The maximum Gasteiger partial charge on any atom is 0.124 e. The summed E-state index contributed by atoms with van der Waals surface area (Å²) >= 11 is 3.30. The lowest BCUT2D eigenvalue weighted by Gasteiger charge is -2.17. The molecule has 0 saturated heterocycles. The Bertz CT molecular complexity index is 360. The summed E-state index contributed by atoms with van der Waals surface area (Å²) < 4.78 is 14.0. The van der Waals surface area contributed by atoms with Crippen molar-refractivity contribution in [3.8, 4) is 0 Å². The van der Waals surface area contributed by atoms with Crippen LogP contribution in [0.5, 0.6) is 0 Å². The average Bonchev–Trinajstić information content (AvgIpc) is 2.48. The Morgan fingerprint density at radius 3 is 2.69 bits per heavy atom. The van der Waals surface area contributed by atoms with Crippen molar-refractivity contribution in [2.24, 2.45) is 11.8 Å². The molecular formula is C13H16BrFO. The van der Waals surface area contributed by atoms with Crippen molar-refractivity contribution in [2.45, 2.75) is 32.3 Å². The van der Waals surface area contributed by atoms with Gasteiger partial charge in [-0.15, -0.1) is 0 Å². The summed E-state index contributed by atoms with van der Waals surface area (Å²) in [7, 11) is 0. The molecule has 3 unspecified atom stereocenters. The van der Waals surface area contributed by atoms with Crippen molar-refractivity contribution in [2.75, 3.05) is 0 Å². The van der Waals surface area contributed by atoms with Crippen molar-refractivity contribution in [3.63, 3.8) is 0 Å². The SMILES string of the molecule is CC1C(O)CCC1Cc1cc(F)cc(Br)c1. The van der Waals surface area contributed by atoms with Gasteiger partial charge in [0.25, 0.3) is 0 Å². The molecule has 1 N–H and O–H groups in total. The topological polar surface area (TPSA) is 20.2 Å². The molecule has 1 aliphatic carbocycles. The third-order valence-corrected chi connectivity index (χ3v) is 4.06. The number of rotatable bonds is 2. The zero-order chi connectivity index (χ0) is 11.7. The predicted molar refractivity (Wildman–Crippen MR) is 65.7 cm³/mol. The molecule has 16 heavy (non-hydrogen) atoms. The van der Waals surface area contributed by atoms with Crippen LogP contribution in [0.4, 0.5) is 4.39 Å². The Morgan fingerprint density at radius 1 is 1.38 bits per heavy atom. The lowest BCUT2D eigenvalue weighted by Crippen LogP contribution is -2.16. The van der Waals surface area contributed by atoms with Gasteiger partial charge in [0.05, 0.1) is 6.10 Å². The number of aliphatic hydroxyl groups is 1. The Labute approximate surface area is 104 Å². The number of halogens is 2. The highest BCUT2D eigenvalue weighted by atomic mass is 79.9. The lowest BCUT2D eigenvalue weighted by atomic mass is 9.90. The van der Waals surface area contributed by atoms with Crippen LogP contribution in [0.1, 0.15) is 25.3 Å². The second-order valence-corrected chi connectivity index (χ2v) is 5.66. The quantitative estimate of drug-likeness (QED) is 0.882. The van der Waals surface area contributed by atoms with E-state index in [9.17, 15) is 9.50 Å². The van der Waals surface area contributed by atoms with Crippen LogP contribution < -0.4 is 0 Å². The molecule has 0 spiro atoms. The summed E-state index contributed by atoms with van der Waals surface area (Å²) in [6, 6.07) is 5.01. The Balaban J connectivity index is 2.09. The first-order valence-electron chi connectivity index (χ1n) is 5.69. The summed E-state index contributed by atoms with van der Waals surface area (Å²) in [5.74, 6) is 0.598. The Hall–Kier alpha value is -0.410. The summed E-state index contributed by atoms with van der Waals surface area (Å²) in [6.45, 7) is 2.08. The molecule has 0 radical (unpaired) electrons. The van der Waals surface area contributed by atoms with Gasteiger partial charge in [-0.2, -0.15) is 0 Å². The standard InChI is InChI=1S/C13H16BrFO/c1-8-10(2-3-13(8)16)4-9-5-11(14)7-12(15)6-9/h5-8,10,13,16H,2-4H2,1H3. The average molecular weight is 287 g/mol. The normalized spacial score (nSPS) is 29.6. The van der Waals surface area contributed by atoms with Crippen molar-refractivity contribution in [1.29, 1.82) is 0 Å². The van der Waals surface area contributed by atoms with E-state index in [0.29, 0.717) is 11.8 Å². The molecule has 0 heterocycles. The van der Waals surface area contributed by atoms with Gasteiger partial charge >= 0.3 is 0 Å². The highest BCUT2D eigenvalue weighted by molar-refractivity contribution is 9.10. The van der Waals surface area contributed by atoms with Gasteiger partial charge in [0.2, 0.25) is 0 Å². The second kappa shape index (κ2) is 4.84. The van der Waals surface area contributed by atoms with Crippen LogP contribution in [-0.2, 0) is 6.42 Å². The minimum Gasteiger partial charge on any atom is -0.393 e. The monoisotopic (exact) mass is 286 g/mol. The summed E-state index contributed by atoms with van der Waals surface area (Å²) in [6.07, 6.45) is 2.59. The van der Waals surface area contributed by atoms with Crippen LogP contribution >= 0.6 is 15.9 Å². The molecular weight excluding hydrogens is 271 g/mol. The fourth-order valence-corrected chi connectivity index (χ4v) is 3.06. The molecule has 1 nitrogen and oxygen atoms in total. The van der Waals surface area contributed by atoms with Crippen LogP contribution in [0.25, 0.3) is 0 Å². The Morgan fingerprint density at radius 2 is 2.12 bits per heavy atom. The van der Waals surface area contributed by atoms with Crippen molar-refractivity contribution >= 4 is 15.9 Å². The van der Waals surface area contributed by atoms with Gasteiger partial charge in [0, 0.05) is 4.47 Å². The first-order chi connectivity index (χ1) is 7.56. The zero-order valence-corrected chi connectivity index (χ0v) is 10.9. The van der Waals surface area contributed by atoms with Gasteiger partial charge in [-0.05, 0) is 54.9 Å².